The van der Waals surface area contributed by atoms with Gasteiger partial charge in [-0.3, -0.25) is 9.10 Å². The Morgan fingerprint density at radius 2 is 1.58 bits per heavy atom. The highest BCUT2D eigenvalue weighted by molar-refractivity contribution is 7.92. The Morgan fingerprint density at radius 1 is 0.907 bits per heavy atom. The topological polar surface area (TPSA) is 107 Å². The van der Waals surface area contributed by atoms with Crippen molar-refractivity contribution in [3.63, 3.8) is 0 Å². The molecule has 0 saturated heterocycles. The number of carbonyl (C=O) groups excluding carboxylic acids is 1. The molecule has 0 heterocycles. The minimum absolute atomic E-state index is 0.0579. The van der Waals surface area contributed by atoms with E-state index in [4.69, 9.17) is 25.8 Å². The van der Waals surface area contributed by atoms with Crippen LogP contribution in [-0.2, 0) is 21.4 Å². The first-order chi connectivity index (χ1) is 20.6. The lowest BCUT2D eigenvalue weighted by Gasteiger charge is -2.25. The second-order valence-electron chi connectivity index (χ2n) is 9.62. The summed E-state index contributed by atoms with van der Waals surface area (Å²) in [4.78, 5) is 12.9. The van der Waals surface area contributed by atoms with Gasteiger partial charge < -0.3 is 14.2 Å². The zero-order valence-corrected chi connectivity index (χ0v) is 25.8. The molecule has 0 radical (unpaired) electrons. The highest BCUT2D eigenvalue weighted by Crippen LogP contribution is 2.32. The summed E-state index contributed by atoms with van der Waals surface area (Å²) in [6, 6.07) is 24.2. The van der Waals surface area contributed by atoms with Gasteiger partial charge in [0.25, 0.3) is 15.9 Å². The number of anilines is 1. The Hall–Kier alpha value is -4.54. The van der Waals surface area contributed by atoms with Gasteiger partial charge in [-0.15, -0.1) is 0 Å². The number of halogens is 1. The molecule has 9 nitrogen and oxygen atoms in total. The van der Waals surface area contributed by atoms with Crippen LogP contribution in [0.5, 0.6) is 17.2 Å². The third-order valence-corrected chi connectivity index (χ3v) is 8.50. The van der Waals surface area contributed by atoms with Gasteiger partial charge in [0.2, 0.25) is 0 Å². The molecular weight excluding hydrogens is 590 g/mol. The van der Waals surface area contributed by atoms with Crippen molar-refractivity contribution in [3.05, 3.63) is 112 Å². The Labute approximate surface area is 256 Å². The van der Waals surface area contributed by atoms with Crippen LogP contribution in [0.4, 0.5) is 5.69 Å². The van der Waals surface area contributed by atoms with Gasteiger partial charge in [0, 0.05) is 16.7 Å². The number of ether oxygens (including phenoxy) is 3. The highest BCUT2D eigenvalue weighted by atomic mass is 35.5. The van der Waals surface area contributed by atoms with E-state index in [-0.39, 0.29) is 10.6 Å². The van der Waals surface area contributed by atoms with Gasteiger partial charge in [-0.1, -0.05) is 35.9 Å². The molecule has 11 heteroatoms. The molecule has 0 bridgehead atoms. The van der Waals surface area contributed by atoms with E-state index in [9.17, 15) is 13.2 Å². The van der Waals surface area contributed by atoms with Crippen LogP contribution in [0, 0.1) is 13.8 Å². The zero-order chi connectivity index (χ0) is 31.0. The lowest BCUT2D eigenvalue weighted by Crippen LogP contribution is -2.39. The third kappa shape index (κ3) is 8.06. The van der Waals surface area contributed by atoms with Crippen LogP contribution in [0.15, 0.2) is 94.9 Å². The summed E-state index contributed by atoms with van der Waals surface area (Å²) in [5.41, 5.74) is 6.05. The number of rotatable bonds is 12. The van der Waals surface area contributed by atoms with Gasteiger partial charge >= 0.3 is 0 Å². The fourth-order valence-corrected chi connectivity index (χ4v) is 5.90. The van der Waals surface area contributed by atoms with E-state index in [0.717, 1.165) is 21.0 Å². The van der Waals surface area contributed by atoms with Crippen molar-refractivity contribution in [2.75, 3.05) is 25.1 Å². The van der Waals surface area contributed by atoms with Crippen molar-refractivity contribution in [2.24, 2.45) is 5.10 Å². The summed E-state index contributed by atoms with van der Waals surface area (Å²) in [7, 11) is -1.31. The van der Waals surface area contributed by atoms with E-state index in [1.807, 2.05) is 38.1 Å². The van der Waals surface area contributed by atoms with Crippen molar-refractivity contribution in [1.29, 1.82) is 0 Å². The number of hydrogen-bond acceptors (Lipinski definition) is 7. The summed E-state index contributed by atoms with van der Waals surface area (Å²) in [6.45, 7) is 3.53. The molecule has 1 amide bonds. The number of nitrogens with one attached hydrogen (secondary N) is 1. The molecule has 0 atom stereocenters. The Morgan fingerprint density at radius 3 is 2.23 bits per heavy atom. The van der Waals surface area contributed by atoms with E-state index in [2.05, 4.69) is 10.5 Å². The number of benzene rings is 4. The van der Waals surface area contributed by atoms with Crippen LogP contribution in [0.2, 0.25) is 5.02 Å². The van der Waals surface area contributed by atoms with Gasteiger partial charge in [0.1, 0.15) is 18.9 Å². The second kappa shape index (κ2) is 14.1. The molecule has 0 aliphatic rings. The number of nitrogens with zero attached hydrogens (tertiary/aromatic N) is 2. The predicted molar refractivity (Wildman–Crippen MR) is 168 cm³/mol. The molecule has 0 fully saturated rings. The standard InChI is InChI=1S/C32H32ClN3O6S/c1-22-15-23(2)17-26(16-22)36(43(38,39)28-13-14-30(40-3)31(18-28)41-4)20-32(37)35-34-19-24-9-11-27(12-10-24)42-21-25-7-5-6-8-29(25)33/h5-19H,20-21H2,1-4H3,(H,35,37)/b34-19-. The van der Waals surface area contributed by atoms with Gasteiger partial charge in [0.05, 0.1) is 31.0 Å². The molecule has 0 aliphatic carbocycles. The van der Waals surface area contributed by atoms with Crippen molar-refractivity contribution < 1.29 is 27.4 Å². The summed E-state index contributed by atoms with van der Waals surface area (Å²) >= 11 is 6.18. The number of sulfonamides is 1. The quantitative estimate of drug-likeness (QED) is 0.156. The van der Waals surface area contributed by atoms with Crippen LogP contribution in [0.3, 0.4) is 0 Å². The Balaban J connectivity index is 1.48. The van der Waals surface area contributed by atoms with Crippen molar-refractivity contribution >= 4 is 39.4 Å². The molecule has 43 heavy (non-hydrogen) atoms. The Bertz CT molecular complexity index is 1710. The summed E-state index contributed by atoms with van der Waals surface area (Å²) in [6.07, 6.45) is 1.46. The molecule has 224 valence electrons. The van der Waals surface area contributed by atoms with Gasteiger partial charge in [0.15, 0.2) is 11.5 Å². The average molecular weight is 622 g/mol. The summed E-state index contributed by atoms with van der Waals surface area (Å²) < 4.78 is 45.1. The number of amides is 1. The summed E-state index contributed by atoms with van der Waals surface area (Å²) in [5, 5.41) is 4.66. The molecule has 4 aromatic carbocycles. The van der Waals surface area contributed by atoms with Crippen LogP contribution in [-0.4, -0.2) is 41.3 Å². The molecule has 0 unspecified atom stereocenters. The fourth-order valence-electron chi connectivity index (χ4n) is 4.29. The first-order valence-corrected chi connectivity index (χ1v) is 15.0. The van der Waals surface area contributed by atoms with Crippen molar-refractivity contribution in [2.45, 2.75) is 25.3 Å². The first kappa shape index (κ1) is 31.4. The van der Waals surface area contributed by atoms with E-state index in [0.29, 0.717) is 34.4 Å². The second-order valence-corrected chi connectivity index (χ2v) is 11.9. The smallest absolute Gasteiger partial charge is 0.264 e. The maximum Gasteiger partial charge on any atom is 0.264 e. The van der Waals surface area contributed by atoms with Crippen LogP contribution in [0.25, 0.3) is 0 Å². The van der Waals surface area contributed by atoms with Gasteiger partial charge in [-0.2, -0.15) is 5.10 Å². The lowest BCUT2D eigenvalue weighted by molar-refractivity contribution is -0.119. The van der Waals surface area contributed by atoms with E-state index >= 15 is 0 Å². The average Bonchev–Trinajstić information content (AvgIpc) is 2.99. The zero-order valence-electron chi connectivity index (χ0n) is 24.2. The summed E-state index contributed by atoms with van der Waals surface area (Å²) in [5.74, 6) is 0.648. The monoisotopic (exact) mass is 621 g/mol. The van der Waals surface area contributed by atoms with E-state index in [1.165, 1.54) is 38.6 Å². The molecule has 0 aromatic heterocycles. The Kier molecular flexibility index (Phi) is 10.3. The molecule has 0 saturated carbocycles. The number of hydrogen-bond donors (Lipinski definition) is 1. The SMILES string of the molecule is COc1ccc(S(=O)(=O)N(CC(=O)N/N=C\c2ccc(OCc3ccccc3Cl)cc2)c2cc(C)cc(C)c2)cc1OC. The molecular formula is C32H32ClN3O6S. The molecule has 4 rings (SSSR count). The number of aryl methyl sites for hydroxylation is 2. The van der Waals surface area contributed by atoms with E-state index in [1.54, 1.807) is 42.5 Å². The van der Waals surface area contributed by atoms with Crippen LogP contribution in [0.1, 0.15) is 22.3 Å². The maximum atomic E-state index is 13.8. The minimum Gasteiger partial charge on any atom is -0.493 e. The largest absolute Gasteiger partial charge is 0.493 e. The number of carbonyl (C=O) groups is 1. The maximum absolute atomic E-state index is 13.8. The van der Waals surface area contributed by atoms with Gasteiger partial charge in [-0.25, -0.2) is 13.8 Å². The van der Waals surface area contributed by atoms with Crippen molar-refractivity contribution in [3.8, 4) is 17.2 Å². The molecule has 0 aliphatic heterocycles. The molecule has 1 N–H and O–H groups in total. The third-order valence-electron chi connectivity index (χ3n) is 6.36. The van der Waals surface area contributed by atoms with Gasteiger partial charge in [-0.05, 0) is 85.1 Å². The normalized spacial score (nSPS) is 11.3. The fraction of sp³-hybridized carbons (Fsp3) is 0.188. The number of methoxy groups -OCH3 is 2. The number of hydrazone groups is 1. The van der Waals surface area contributed by atoms with Crippen LogP contribution < -0.4 is 23.9 Å². The van der Waals surface area contributed by atoms with Crippen molar-refractivity contribution in [1.82, 2.24) is 5.43 Å². The molecule has 4 aromatic rings. The van der Waals surface area contributed by atoms with E-state index < -0.39 is 22.5 Å². The lowest BCUT2D eigenvalue weighted by atomic mass is 10.1. The first-order valence-electron chi connectivity index (χ1n) is 13.2. The van der Waals surface area contributed by atoms with Crippen LogP contribution >= 0.6 is 11.6 Å². The molecule has 0 spiro atoms. The predicted octanol–water partition coefficient (Wildman–Crippen LogP) is 5.90. The highest BCUT2D eigenvalue weighted by Gasteiger charge is 2.28. The minimum atomic E-state index is -4.19.